The molecular weight excluding hydrogens is 634 g/mol. The van der Waals surface area contributed by atoms with E-state index in [0.717, 1.165) is 0 Å². The Kier molecular flexibility index (Phi) is 12.7. The molecule has 0 bridgehead atoms. The van der Waals surface area contributed by atoms with Crippen molar-refractivity contribution >= 4 is 45.8 Å². The van der Waals surface area contributed by atoms with Gasteiger partial charge in [-0.2, -0.15) is 8.42 Å². The van der Waals surface area contributed by atoms with E-state index in [2.05, 4.69) is 20.1 Å². The van der Waals surface area contributed by atoms with Crippen molar-refractivity contribution in [3.8, 4) is 0 Å². The number of amides is 3. The molecule has 0 aromatic heterocycles. The lowest BCUT2D eigenvalue weighted by Crippen LogP contribution is -2.61. The summed E-state index contributed by atoms with van der Waals surface area (Å²) in [5, 5.41) is 17.4. The Balaban J connectivity index is 1.90. The first kappa shape index (κ1) is 38.0. The molecule has 1 saturated heterocycles. The van der Waals surface area contributed by atoms with Crippen LogP contribution in [0.5, 0.6) is 0 Å². The normalized spacial score (nSPS) is 19.7. The SMILES string of the molecule is CC(CS(=O)(=O)O)C(=O)OCOC(=O)OC(C)(C)CNC(=O)N[C@@H](C(=O)N1CC[C@](O)(c2ccc(Cl)cc2)C(C)(C)C1)C(C)C. The van der Waals surface area contributed by atoms with Crippen LogP contribution in [0.1, 0.15) is 60.5 Å². The second-order valence-corrected chi connectivity index (χ2v) is 14.7. The molecule has 0 spiro atoms. The van der Waals surface area contributed by atoms with Crippen molar-refractivity contribution in [3.63, 3.8) is 0 Å². The molecule has 1 aromatic rings. The number of halogens is 1. The molecule has 4 N–H and O–H groups in total. The first-order valence-electron chi connectivity index (χ1n) is 14.4. The third kappa shape index (κ3) is 11.0. The van der Waals surface area contributed by atoms with Crippen LogP contribution in [0.25, 0.3) is 0 Å². The van der Waals surface area contributed by atoms with Crippen LogP contribution in [-0.4, -0.2) is 90.9 Å². The molecule has 3 amide bonds. The lowest BCUT2D eigenvalue weighted by atomic mass is 9.66. The third-order valence-electron chi connectivity index (χ3n) is 7.58. The maximum atomic E-state index is 13.6. The van der Waals surface area contributed by atoms with Crippen molar-refractivity contribution in [1.82, 2.24) is 15.5 Å². The van der Waals surface area contributed by atoms with Crippen LogP contribution in [0.15, 0.2) is 24.3 Å². The number of carbonyl (C=O) groups is 4. The zero-order valence-corrected chi connectivity index (χ0v) is 28.2. The number of benzene rings is 1. The molecule has 0 radical (unpaired) electrons. The fourth-order valence-corrected chi connectivity index (χ4v) is 5.81. The van der Waals surface area contributed by atoms with Crippen molar-refractivity contribution in [2.24, 2.45) is 17.3 Å². The Morgan fingerprint density at radius 2 is 1.69 bits per heavy atom. The smallest absolute Gasteiger partial charge is 0.427 e. The van der Waals surface area contributed by atoms with Gasteiger partial charge in [0.25, 0.3) is 10.1 Å². The zero-order valence-electron chi connectivity index (χ0n) is 26.6. The second-order valence-electron chi connectivity index (χ2n) is 12.8. The van der Waals surface area contributed by atoms with Gasteiger partial charge < -0.3 is 34.9 Å². The monoisotopic (exact) mass is 677 g/mol. The molecule has 45 heavy (non-hydrogen) atoms. The molecule has 254 valence electrons. The van der Waals surface area contributed by atoms with E-state index < -0.39 is 69.4 Å². The highest BCUT2D eigenvalue weighted by atomic mass is 35.5. The Morgan fingerprint density at radius 1 is 1.09 bits per heavy atom. The largest absolute Gasteiger partial charge is 0.511 e. The summed E-state index contributed by atoms with van der Waals surface area (Å²) in [7, 11) is -4.40. The number of piperidine rings is 1. The minimum absolute atomic E-state index is 0.178. The fraction of sp³-hybridized carbons (Fsp3) is 0.655. The molecule has 3 atom stereocenters. The van der Waals surface area contributed by atoms with E-state index in [1.165, 1.54) is 20.8 Å². The van der Waals surface area contributed by atoms with E-state index in [9.17, 15) is 32.7 Å². The van der Waals surface area contributed by atoms with Crippen LogP contribution in [0.2, 0.25) is 5.02 Å². The molecule has 2 rings (SSSR count). The number of likely N-dealkylation sites (tertiary alicyclic amines) is 1. The van der Waals surface area contributed by atoms with Crippen LogP contribution >= 0.6 is 11.6 Å². The van der Waals surface area contributed by atoms with Gasteiger partial charge in [0.05, 0.1) is 23.8 Å². The predicted octanol–water partition coefficient (Wildman–Crippen LogP) is 3.07. The maximum Gasteiger partial charge on any atom is 0.511 e. The highest BCUT2D eigenvalue weighted by Crippen LogP contribution is 2.46. The molecule has 16 heteroatoms. The Bertz CT molecular complexity index is 1340. The van der Waals surface area contributed by atoms with E-state index >= 15 is 0 Å². The molecule has 1 aromatic carbocycles. The van der Waals surface area contributed by atoms with Crippen LogP contribution in [0, 0.1) is 17.3 Å². The molecule has 1 heterocycles. The number of ether oxygens (including phenoxy) is 3. The van der Waals surface area contributed by atoms with Crippen LogP contribution in [-0.2, 0) is 39.5 Å². The molecule has 1 aliphatic rings. The van der Waals surface area contributed by atoms with Crippen molar-refractivity contribution in [1.29, 1.82) is 0 Å². The number of carbonyl (C=O) groups excluding carboxylic acids is 4. The van der Waals surface area contributed by atoms with Crippen LogP contribution < -0.4 is 10.6 Å². The van der Waals surface area contributed by atoms with Gasteiger partial charge in [-0.1, -0.05) is 58.4 Å². The lowest BCUT2D eigenvalue weighted by molar-refractivity contribution is -0.158. The Labute approximate surface area is 268 Å². The van der Waals surface area contributed by atoms with Crippen molar-refractivity contribution in [2.45, 2.75) is 72.1 Å². The summed E-state index contributed by atoms with van der Waals surface area (Å²) in [5.41, 5.74) is -2.48. The first-order chi connectivity index (χ1) is 20.6. The average Bonchev–Trinajstić information content (AvgIpc) is 2.90. The Morgan fingerprint density at radius 3 is 2.22 bits per heavy atom. The second kappa shape index (κ2) is 15.0. The maximum absolute atomic E-state index is 13.6. The standard InChI is InChI=1S/C29H44ClN3O11S/c1-18(2)22(23(34)33-13-12-29(38,27(4,5)16-33)20-8-10-21(30)11-9-20)32-25(36)31-15-28(6,7)44-26(37)43-17-42-24(35)19(3)14-45(39,40)41/h8-11,18-19,22,38H,12-17H2,1-7H3,(H2,31,32,36)(H,39,40,41)/t19?,22-,29+/m1/s1. The van der Waals surface area contributed by atoms with Gasteiger partial charge in [0, 0.05) is 23.5 Å². The zero-order chi connectivity index (χ0) is 34.4. The molecule has 0 saturated carbocycles. The van der Waals surface area contributed by atoms with Gasteiger partial charge in [-0.15, -0.1) is 0 Å². The predicted molar refractivity (Wildman–Crippen MR) is 164 cm³/mol. The third-order valence-corrected chi connectivity index (χ3v) is 8.75. The number of hydrogen-bond donors (Lipinski definition) is 4. The number of esters is 1. The summed E-state index contributed by atoms with van der Waals surface area (Å²) in [6, 6.07) is 5.43. The molecule has 1 aliphatic heterocycles. The number of rotatable bonds is 12. The minimum atomic E-state index is -4.40. The first-order valence-corrected chi connectivity index (χ1v) is 16.3. The minimum Gasteiger partial charge on any atom is -0.427 e. The van der Waals surface area contributed by atoms with Gasteiger partial charge in [0.2, 0.25) is 12.7 Å². The molecule has 1 unspecified atom stereocenters. The highest BCUT2D eigenvalue weighted by Gasteiger charge is 2.50. The summed E-state index contributed by atoms with van der Waals surface area (Å²) >= 11 is 6.02. The van der Waals surface area contributed by atoms with Crippen LogP contribution in [0.4, 0.5) is 9.59 Å². The van der Waals surface area contributed by atoms with Gasteiger partial charge in [0.15, 0.2) is 0 Å². The van der Waals surface area contributed by atoms with Crippen molar-refractivity contribution < 1.29 is 51.5 Å². The van der Waals surface area contributed by atoms with Gasteiger partial charge in [0.1, 0.15) is 11.6 Å². The summed E-state index contributed by atoms with van der Waals surface area (Å²) < 4.78 is 45.0. The topological polar surface area (TPSA) is 198 Å². The fourth-order valence-electron chi connectivity index (χ4n) is 4.92. The van der Waals surface area contributed by atoms with Gasteiger partial charge in [-0.3, -0.25) is 14.1 Å². The van der Waals surface area contributed by atoms with Crippen molar-refractivity contribution in [3.05, 3.63) is 34.9 Å². The summed E-state index contributed by atoms with van der Waals surface area (Å²) in [6.07, 6.45) is -0.937. The number of hydrogen-bond acceptors (Lipinski definition) is 10. The number of urea groups is 1. The summed E-state index contributed by atoms with van der Waals surface area (Å²) in [6.45, 7) is 11.0. The van der Waals surface area contributed by atoms with E-state index in [1.807, 2.05) is 13.8 Å². The van der Waals surface area contributed by atoms with E-state index in [4.69, 9.17) is 20.9 Å². The average molecular weight is 678 g/mol. The van der Waals surface area contributed by atoms with Gasteiger partial charge >= 0.3 is 18.2 Å². The van der Waals surface area contributed by atoms with Gasteiger partial charge in [-0.05, 0) is 43.9 Å². The molecule has 14 nitrogen and oxygen atoms in total. The molecule has 0 aliphatic carbocycles. The number of nitrogens with zero attached hydrogens (tertiary/aromatic N) is 1. The highest BCUT2D eigenvalue weighted by molar-refractivity contribution is 7.85. The molecular formula is C29H44ClN3O11S. The van der Waals surface area contributed by atoms with E-state index in [0.29, 0.717) is 10.6 Å². The van der Waals surface area contributed by atoms with Crippen LogP contribution in [0.3, 0.4) is 0 Å². The Hall–Kier alpha value is -3.14. The summed E-state index contributed by atoms with van der Waals surface area (Å²) in [5.74, 6) is -3.64. The number of aliphatic hydroxyl groups is 1. The van der Waals surface area contributed by atoms with Gasteiger partial charge in [-0.25, -0.2) is 9.59 Å². The number of nitrogens with one attached hydrogen (secondary N) is 2. The lowest BCUT2D eigenvalue weighted by Gasteiger charge is -2.51. The van der Waals surface area contributed by atoms with Crippen molar-refractivity contribution in [2.75, 3.05) is 32.2 Å². The van der Waals surface area contributed by atoms with E-state index in [-0.39, 0.29) is 37.9 Å². The summed E-state index contributed by atoms with van der Waals surface area (Å²) in [4.78, 5) is 51.8. The molecule has 1 fully saturated rings. The van der Waals surface area contributed by atoms with E-state index in [1.54, 1.807) is 43.0 Å². The quantitative estimate of drug-likeness (QED) is 0.144.